The molecule has 60 valence electrons. The Morgan fingerprint density at radius 1 is 1.10 bits per heavy atom. The summed E-state index contributed by atoms with van der Waals surface area (Å²) in [6.45, 7) is 0. The zero-order valence-electron chi connectivity index (χ0n) is 7.06. The zero-order valence-corrected chi connectivity index (χ0v) is 7.06. The molecule has 0 radical (unpaired) electrons. The molecule has 0 amide bonds. The Hall–Kier alpha value is -0.0800. The topological polar surface area (TPSA) is 15.3 Å². The molecule has 0 aromatic carbocycles. The number of rotatable bonds is 2. The van der Waals surface area contributed by atoms with E-state index >= 15 is 0 Å². The maximum atomic E-state index is 3.42. The van der Waals surface area contributed by atoms with Crippen LogP contribution in [0, 0.1) is 0 Å². The van der Waals surface area contributed by atoms with E-state index in [0.717, 1.165) is 6.04 Å². The summed E-state index contributed by atoms with van der Waals surface area (Å²) >= 11 is 0. The first-order valence-electron chi connectivity index (χ1n) is 4.22. The Bertz CT molecular complexity index is 85.3. The van der Waals surface area contributed by atoms with E-state index in [1.807, 2.05) is 0 Å². The first-order chi connectivity index (χ1) is 4.79. The number of nitrogens with one attached hydrogen (secondary N) is 1. The quantitative estimate of drug-likeness (QED) is 0.586. The highest BCUT2D eigenvalue weighted by molar-refractivity contribution is 4.69. The second-order valence-electron chi connectivity index (χ2n) is 3.36. The Balaban J connectivity index is 2.13. The molecule has 1 fully saturated rings. The molecule has 1 N–H and O–H groups in total. The van der Waals surface area contributed by atoms with Crippen LogP contribution in [0.3, 0.4) is 0 Å². The summed E-state index contributed by atoms with van der Waals surface area (Å²) in [6.07, 6.45) is 6.97. The van der Waals surface area contributed by atoms with Crippen molar-refractivity contribution in [2.45, 2.75) is 38.1 Å². The van der Waals surface area contributed by atoms with Gasteiger partial charge in [0.2, 0.25) is 0 Å². The van der Waals surface area contributed by atoms with Crippen LogP contribution in [0.1, 0.15) is 32.1 Å². The van der Waals surface area contributed by atoms with Crippen molar-refractivity contribution in [2.75, 3.05) is 14.1 Å². The Morgan fingerprint density at radius 2 is 1.70 bits per heavy atom. The van der Waals surface area contributed by atoms with Crippen LogP contribution >= 0.6 is 0 Å². The number of nitrogens with zero attached hydrogens (tertiary/aromatic N) is 1. The van der Waals surface area contributed by atoms with Crippen LogP contribution in [-0.2, 0) is 0 Å². The molecule has 2 heteroatoms. The molecule has 2 nitrogen and oxygen atoms in total. The van der Waals surface area contributed by atoms with E-state index in [9.17, 15) is 0 Å². The van der Waals surface area contributed by atoms with Gasteiger partial charge in [-0.2, -0.15) is 0 Å². The van der Waals surface area contributed by atoms with Gasteiger partial charge in [0.1, 0.15) is 0 Å². The van der Waals surface area contributed by atoms with Gasteiger partial charge in [0.05, 0.1) is 0 Å². The highest BCUT2D eigenvalue weighted by Crippen LogP contribution is 2.17. The molecule has 0 aromatic heterocycles. The minimum Gasteiger partial charge on any atom is -0.253 e. The van der Waals surface area contributed by atoms with Crippen LogP contribution < -0.4 is 5.43 Å². The summed E-state index contributed by atoms with van der Waals surface area (Å²) in [4.78, 5) is 0. The van der Waals surface area contributed by atoms with Crippen molar-refractivity contribution in [3.05, 3.63) is 0 Å². The van der Waals surface area contributed by atoms with Gasteiger partial charge in [-0.15, -0.1) is 0 Å². The molecule has 1 aliphatic carbocycles. The van der Waals surface area contributed by atoms with E-state index in [2.05, 4.69) is 24.5 Å². The largest absolute Gasteiger partial charge is 0.253 e. The van der Waals surface area contributed by atoms with E-state index in [-0.39, 0.29) is 0 Å². The summed E-state index contributed by atoms with van der Waals surface area (Å²) < 4.78 is 0. The predicted octanol–water partition coefficient (Wildman–Crippen LogP) is 1.39. The number of hydrogen-bond acceptors (Lipinski definition) is 2. The molecule has 0 spiro atoms. The highest BCUT2D eigenvalue weighted by atomic mass is 15.5. The van der Waals surface area contributed by atoms with Crippen molar-refractivity contribution in [3.8, 4) is 0 Å². The first kappa shape index (κ1) is 8.02. The summed E-state index contributed by atoms with van der Waals surface area (Å²) in [5.41, 5.74) is 3.42. The molecule has 0 bridgehead atoms. The van der Waals surface area contributed by atoms with E-state index < -0.39 is 0 Å². The van der Waals surface area contributed by atoms with Gasteiger partial charge in [0.15, 0.2) is 0 Å². The van der Waals surface area contributed by atoms with Gasteiger partial charge in [-0.05, 0) is 12.8 Å². The second-order valence-corrected chi connectivity index (χ2v) is 3.36. The lowest BCUT2D eigenvalue weighted by atomic mass is 9.96. The van der Waals surface area contributed by atoms with Gasteiger partial charge in [-0.25, -0.2) is 0 Å². The van der Waals surface area contributed by atoms with E-state index in [1.165, 1.54) is 32.1 Å². The van der Waals surface area contributed by atoms with E-state index in [1.54, 1.807) is 0 Å². The average Bonchev–Trinajstić information content (AvgIpc) is 1.88. The molecule has 0 heterocycles. The van der Waals surface area contributed by atoms with Gasteiger partial charge < -0.3 is 0 Å². The van der Waals surface area contributed by atoms with Gasteiger partial charge in [0.25, 0.3) is 0 Å². The lowest BCUT2D eigenvalue weighted by Crippen LogP contribution is -2.40. The molecule has 1 rings (SSSR count). The highest BCUT2D eigenvalue weighted by Gasteiger charge is 2.12. The number of hydrazine groups is 1. The zero-order chi connectivity index (χ0) is 7.40. The molecule has 0 aliphatic heterocycles. The Morgan fingerprint density at radius 3 is 2.20 bits per heavy atom. The fourth-order valence-corrected chi connectivity index (χ4v) is 1.60. The minimum atomic E-state index is 0.753. The lowest BCUT2D eigenvalue weighted by Gasteiger charge is -2.26. The maximum absolute atomic E-state index is 3.42. The fourth-order valence-electron chi connectivity index (χ4n) is 1.60. The van der Waals surface area contributed by atoms with Crippen LogP contribution in [0.25, 0.3) is 0 Å². The molecule has 0 atom stereocenters. The van der Waals surface area contributed by atoms with Crippen LogP contribution in [0.2, 0.25) is 0 Å². The Labute approximate surface area is 63.6 Å². The predicted molar refractivity (Wildman–Crippen MR) is 43.7 cm³/mol. The van der Waals surface area contributed by atoms with Gasteiger partial charge in [-0.3, -0.25) is 10.4 Å². The van der Waals surface area contributed by atoms with Crippen molar-refractivity contribution < 1.29 is 0 Å². The standard InChI is InChI=1S/C8H18N2/c1-10(2)9-8-6-4-3-5-7-8/h8-9H,3-7H2,1-2H3. The van der Waals surface area contributed by atoms with Crippen LogP contribution in [-0.4, -0.2) is 25.1 Å². The SMILES string of the molecule is CN(C)NC1CCCCC1. The fraction of sp³-hybridized carbons (Fsp3) is 1.00. The molecule has 10 heavy (non-hydrogen) atoms. The molecule has 0 saturated heterocycles. The smallest absolute Gasteiger partial charge is 0.0215 e. The van der Waals surface area contributed by atoms with Crippen LogP contribution in [0.4, 0.5) is 0 Å². The van der Waals surface area contributed by atoms with E-state index in [4.69, 9.17) is 0 Å². The molecule has 1 aliphatic rings. The molecule has 1 saturated carbocycles. The summed E-state index contributed by atoms with van der Waals surface area (Å²) in [5.74, 6) is 0. The van der Waals surface area contributed by atoms with Crippen molar-refractivity contribution in [2.24, 2.45) is 0 Å². The Kier molecular flexibility index (Phi) is 3.16. The van der Waals surface area contributed by atoms with E-state index in [0.29, 0.717) is 0 Å². The average molecular weight is 142 g/mol. The van der Waals surface area contributed by atoms with Crippen molar-refractivity contribution in [1.82, 2.24) is 10.4 Å². The van der Waals surface area contributed by atoms with Gasteiger partial charge in [-0.1, -0.05) is 19.3 Å². The summed E-state index contributed by atoms with van der Waals surface area (Å²) in [5, 5.41) is 2.07. The first-order valence-corrected chi connectivity index (χ1v) is 4.22. The second kappa shape index (κ2) is 3.94. The van der Waals surface area contributed by atoms with Gasteiger partial charge >= 0.3 is 0 Å². The van der Waals surface area contributed by atoms with Crippen LogP contribution in [0.5, 0.6) is 0 Å². The van der Waals surface area contributed by atoms with Crippen molar-refractivity contribution in [3.63, 3.8) is 0 Å². The summed E-state index contributed by atoms with van der Waals surface area (Å²) in [7, 11) is 4.13. The monoisotopic (exact) mass is 142 g/mol. The third kappa shape index (κ3) is 2.67. The van der Waals surface area contributed by atoms with Crippen molar-refractivity contribution >= 4 is 0 Å². The van der Waals surface area contributed by atoms with Gasteiger partial charge in [0, 0.05) is 20.1 Å². The molecule has 0 aromatic rings. The minimum absolute atomic E-state index is 0.753. The summed E-state index contributed by atoms with van der Waals surface area (Å²) in [6, 6.07) is 0.753. The normalized spacial score (nSPS) is 21.9. The maximum Gasteiger partial charge on any atom is 0.0215 e. The molecular formula is C8H18N2. The van der Waals surface area contributed by atoms with Crippen molar-refractivity contribution in [1.29, 1.82) is 0 Å². The number of hydrogen-bond donors (Lipinski definition) is 1. The molecular weight excluding hydrogens is 124 g/mol. The third-order valence-electron chi connectivity index (χ3n) is 2.05. The molecule has 0 unspecified atom stereocenters. The lowest BCUT2D eigenvalue weighted by molar-refractivity contribution is 0.207. The van der Waals surface area contributed by atoms with Crippen LogP contribution in [0.15, 0.2) is 0 Å². The third-order valence-corrected chi connectivity index (χ3v) is 2.05.